The molecule has 3 rings (SSSR count). The van der Waals surface area contributed by atoms with Crippen LogP contribution < -0.4 is 14.8 Å². The Kier molecular flexibility index (Phi) is 3.93. The second-order valence-corrected chi connectivity index (χ2v) is 6.18. The monoisotopic (exact) mass is 353 g/mol. The molecule has 1 aromatic carbocycles. The normalized spacial score (nSPS) is 13.1. The van der Waals surface area contributed by atoms with Crippen molar-refractivity contribution in [1.82, 2.24) is 5.32 Å². The molecule has 1 N–H and O–H groups in total. The molecule has 1 amide bonds. The van der Waals surface area contributed by atoms with Crippen LogP contribution in [-0.2, 0) is 6.54 Å². The van der Waals surface area contributed by atoms with Gasteiger partial charge in [0.15, 0.2) is 11.5 Å². The lowest BCUT2D eigenvalue weighted by Gasteiger charge is -2.18. The fraction of sp³-hybridized carbons (Fsp3) is 0.214. The Morgan fingerprint density at radius 3 is 2.80 bits per heavy atom. The van der Waals surface area contributed by atoms with E-state index >= 15 is 0 Å². The van der Waals surface area contributed by atoms with Gasteiger partial charge in [-0.05, 0) is 40.2 Å². The summed E-state index contributed by atoms with van der Waals surface area (Å²) in [7, 11) is 0. The summed E-state index contributed by atoms with van der Waals surface area (Å²) in [6, 6.07) is 7.22. The summed E-state index contributed by atoms with van der Waals surface area (Å²) in [4.78, 5) is 13.2. The summed E-state index contributed by atoms with van der Waals surface area (Å²) in [5.41, 5.74) is 0.574. The van der Waals surface area contributed by atoms with Gasteiger partial charge in [-0.15, -0.1) is 11.3 Å². The van der Waals surface area contributed by atoms with Crippen LogP contribution in [0.15, 0.2) is 34.1 Å². The lowest BCUT2D eigenvalue weighted by molar-refractivity contribution is 0.0950. The summed E-state index contributed by atoms with van der Waals surface area (Å²) in [6.07, 6.45) is 0. The molecule has 2 heterocycles. The largest absolute Gasteiger partial charge is 0.486 e. The third-order valence-corrected chi connectivity index (χ3v) is 4.55. The highest BCUT2D eigenvalue weighted by Gasteiger charge is 2.14. The number of carbonyl (C=O) groups is 1. The summed E-state index contributed by atoms with van der Waals surface area (Å²) < 4.78 is 11.9. The maximum absolute atomic E-state index is 12.1. The highest BCUT2D eigenvalue weighted by atomic mass is 79.9. The van der Waals surface area contributed by atoms with E-state index in [0.717, 1.165) is 9.35 Å². The van der Waals surface area contributed by atoms with E-state index in [9.17, 15) is 4.79 Å². The molecular weight excluding hydrogens is 342 g/mol. The minimum Gasteiger partial charge on any atom is -0.486 e. The van der Waals surface area contributed by atoms with Gasteiger partial charge in [-0.2, -0.15) is 0 Å². The van der Waals surface area contributed by atoms with Crippen LogP contribution >= 0.6 is 27.3 Å². The molecule has 1 aliphatic rings. The molecular formula is C14H12BrNO3S. The molecule has 0 atom stereocenters. The summed E-state index contributed by atoms with van der Waals surface area (Å²) in [6.45, 7) is 1.58. The van der Waals surface area contributed by atoms with Crippen molar-refractivity contribution in [3.8, 4) is 11.5 Å². The Morgan fingerprint density at radius 2 is 2.05 bits per heavy atom. The highest BCUT2D eigenvalue weighted by molar-refractivity contribution is 9.10. The first-order valence-corrected chi connectivity index (χ1v) is 7.80. The fourth-order valence-corrected chi connectivity index (χ4v) is 3.29. The van der Waals surface area contributed by atoms with Crippen molar-refractivity contribution >= 4 is 33.2 Å². The zero-order valence-corrected chi connectivity index (χ0v) is 12.9. The molecule has 0 saturated heterocycles. The van der Waals surface area contributed by atoms with E-state index in [-0.39, 0.29) is 5.91 Å². The van der Waals surface area contributed by atoms with Gasteiger partial charge in [-0.1, -0.05) is 0 Å². The van der Waals surface area contributed by atoms with E-state index in [2.05, 4.69) is 21.2 Å². The van der Waals surface area contributed by atoms with E-state index in [1.807, 2.05) is 11.4 Å². The topological polar surface area (TPSA) is 47.6 Å². The van der Waals surface area contributed by atoms with Gasteiger partial charge in [0, 0.05) is 20.3 Å². The standard InChI is InChI=1S/C14H12BrNO3S/c15-10-6-11(20-8-10)7-16-14(17)9-1-2-12-13(5-9)19-4-3-18-12/h1-2,5-6,8H,3-4,7H2,(H,16,17). The van der Waals surface area contributed by atoms with Crippen LogP contribution in [0.5, 0.6) is 11.5 Å². The third kappa shape index (κ3) is 2.96. The predicted molar refractivity (Wildman–Crippen MR) is 80.6 cm³/mol. The molecule has 20 heavy (non-hydrogen) atoms. The van der Waals surface area contributed by atoms with Crippen LogP contribution in [0, 0.1) is 0 Å². The lowest BCUT2D eigenvalue weighted by atomic mass is 10.2. The number of halogens is 1. The van der Waals surface area contributed by atoms with Crippen molar-refractivity contribution in [2.45, 2.75) is 6.54 Å². The number of thiophene rings is 1. The molecule has 0 unspecified atom stereocenters. The molecule has 4 nitrogen and oxygen atoms in total. The maximum atomic E-state index is 12.1. The summed E-state index contributed by atoms with van der Waals surface area (Å²) in [5.74, 6) is 1.20. The molecule has 6 heteroatoms. The Labute approximate surface area is 128 Å². The van der Waals surface area contributed by atoms with Crippen LogP contribution in [0.4, 0.5) is 0 Å². The van der Waals surface area contributed by atoms with Gasteiger partial charge in [0.25, 0.3) is 5.91 Å². The van der Waals surface area contributed by atoms with Gasteiger partial charge in [0.1, 0.15) is 13.2 Å². The first-order chi connectivity index (χ1) is 9.72. The van der Waals surface area contributed by atoms with Gasteiger partial charge in [0.05, 0.1) is 6.54 Å². The van der Waals surface area contributed by atoms with E-state index in [0.29, 0.717) is 36.8 Å². The highest BCUT2D eigenvalue weighted by Crippen LogP contribution is 2.30. The van der Waals surface area contributed by atoms with E-state index in [1.165, 1.54) is 0 Å². The molecule has 104 valence electrons. The van der Waals surface area contributed by atoms with E-state index in [4.69, 9.17) is 9.47 Å². The molecule has 0 saturated carbocycles. The Bertz CT molecular complexity index is 641. The third-order valence-electron chi connectivity index (χ3n) is 2.85. The number of benzene rings is 1. The summed E-state index contributed by atoms with van der Waals surface area (Å²) in [5, 5.41) is 4.88. The molecule has 0 aliphatic carbocycles. The lowest BCUT2D eigenvalue weighted by Crippen LogP contribution is -2.23. The average molecular weight is 354 g/mol. The van der Waals surface area contributed by atoms with Crippen LogP contribution in [0.3, 0.4) is 0 Å². The first kappa shape index (κ1) is 13.5. The number of ether oxygens (including phenoxy) is 2. The molecule has 0 bridgehead atoms. The Balaban J connectivity index is 1.67. The number of hydrogen-bond donors (Lipinski definition) is 1. The smallest absolute Gasteiger partial charge is 0.251 e. The quantitative estimate of drug-likeness (QED) is 0.921. The van der Waals surface area contributed by atoms with Crippen molar-refractivity contribution in [3.05, 3.63) is 44.6 Å². The number of fused-ring (bicyclic) bond motifs is 1. The Morgan fingerprint density at radius 1 is 1.25 bits per heavy atom. The minimum atomic E-state index is -0.119. The number of carbonyl (C=O) groups excluding carboxylic acids is 1. The van der Waals surface area contributed by atoms with Crippen LogP contribution in [0.1, 0.15) is 15.2 Å². The van der Waals surface area contributed by atoms with Gasteiger partial charge in [-0.25, -0.2) is 0 Å². The number of nitrogens with one attached hydrogen (secondary N) is 1. The molecule has 2 aromatic rings. The number of hydrogen-bond acceptors (Lipinski definition) is 4. The van der Waals surface area contributed by atoms with E-state index in [1.54, 1.807) is 29.5 Å². The molecule has 0 spiro atoms. The molecule has 0 fully saturated rings. The maximum Gasteiger partial charge on any atom is 0.251 e. The predicted octanol–water partition coefficient (Wildman–Crippen LogP) is 3.21. The second-order valence-electron chi connectivity index (χ2n) is 4.27. The van der Waals surface area contributed by atoms with Crippen molar-refractivity contribution in [1.29, 1.82) is 0 Å². The van der Waals surface area contributed by atoms with Gasteiger partial charge < -0.3 is 14.8 Å². The Hall–Kier alpha value is -1.53. The number of rotatable bonds is 3. The van der Waals surface area contributed by atoms with Crippen molar-refractivity contribution in [3.63, 3.8) is 0 Å². The van der Waals surface area contributed by atoms with Crippen molar-refractivity contribution in [2.24, 2.45) is 0 Å². The van der Waals surface area contributed by atoms with Gasteiger partial charge in [-0.3, -0.25) is 4.79 Å². The summed E-state index contributed by atoms with van der Waals surface area (Å²) >= 11 is 5.00. The van der Waals surface area contributed by atoms with Crippen molar-refractivity contribution < 1.29 is 14.3 Å². The van der Waals surface area contributed by atoms with Crippen LogP contribution in [0.2, 0.25) is 0 Å². The first-order valence-electron chi connectivity index (χ1n) is 6.13. The minimum absolute atomic E-state index is 0.119. The van der Waals surface area contributed by atoms with Crippen LogP contribution in [0.25, 0.3) is 0 Å². The molecule has 1 aromatic heterocycles. The van der Waals surface area contributed by atoms with E-state index < -0.39 is 0 Å². The van der Waals surface area contributed by atoms with Crippen molar-refractivity contribution in [2.75, 3.05) is 13.2 Å². The molecule has 1 aliphatic heterocycles. The SMILES string of the molecule is O=C(NCc1cc(Br)cs1)c1ccc2c(c1)OCCO2. The zero-order valence-electron chi connectivity index (χ0n) is 10.5. The zero-order chi connectivity index (χ0) is 13.9. The average Bonchev–Trinajstić information content (AvgIpc) is 2.90. The van der Waals surface area contributed by atoms with Gasteiger partial charge >= 0.3 is 0 Å². The fourth-order valence-electron chi connectivity index (χ4n) is 1.90. The molecule has 0 radical (unpaired) electrons. The van der Waals surface area contributed by atoms with Crippen LogP contribution in [-0.4, -0.2) is 19.1 Å². The number of amides is 1. The van der Waals surface area contributed by atoms with Gasteiger partial charge in [0.2, 0.25) is 0 Å². The second kappa shape index (κ2) is 5.85.